The van der Waals surface area contributed by atoms with Gasteiger partial charge in [-0.15, -0.1) is 6.58 Å². The molecule has 6 nitrogen and oxygen atoms in total. The van der Waals surface area contributed by atoms with Crippen LogP contribution in [0.4, 0.5) is 14.6 Å². The molecule has 1 aliphatic rings. The Balaban J connectivity index is 1.74. The molecule has 162 valence electrons. The molecule has 2 aromatic rings. The fourth-order valence-corrected chi connectivity index (χ4v) is 3.30. The van der Waals surface area contributed by atoms with Crippen LogP contribution in [0.5, 0.6) is 5.75 Å². The Bertz CT molecular complexity index is 1060. The number of anilines is 1. The summed E-state index contributed by atoms with van der Waals surface area (Å²) >= 11 is 0. The van der Waals surface area contributed by atoms with Gasteiger partial charge in [-0.2, -0.15) is 5.26 Å². The molecule has 0 bridgehead atoms. The highest BCUT2D eigenvalue weighted by molar-refractivity contribution is 5.95. The molecule has 2 atom stereocenters. The van der Waals surface area contributed by atoms with Crippen LogP contribution in [0.3, 0.4) is 0 Å². The maximum Gasteiger partial charge on any atom is 0.260 e. The molecule has 1 aromatic carbocycles. The average molecular weight is 426 g/mol. The van der Waals surface area contributed by atoms with Crippen molar-refractivity contribution in [3.05, 3.63) is 54.2 Å². The molecule has 3 rings (SSSR count). The van der Waals surface area contributed by atoms with Crippen LogP contribution < -0.4 is 15.8 Å². The van der Waals surface area contributed by atoms with Crippen LogP contribution in [0, 0.1) is 17.2 Å². The number of nitrogens with zero attached hydrogens (tertiary/aromatic N) is 2. The van der Waals surface area contributed by atoms with Crippen LogP contribution in [0.15, 0.2) is 48.7 Å². The Morgan fingerprint density at radius 3 is 2.71 bits per heavy atom. The summed E-state index contributed by atoms with van der Waals surface area (Å²) in [5.74, 6) is -4.43. The maximum atomic E-state index is 13.1. The number of carbonyl (C=O) groups is 1. The maximum absolute atomic E-state index is 13.1. The first-order valence-electron chi connectivity index (χ1n) is 9.76. The standard InChI is InChI=1S/C23H24F2N4O2/c1-14(2)10-22(3,27)13-31-19-5-4-15(8-17(19)12-26)16-6-7-28-20(9-16)29-21(30)18-11-23(18,24)25/h4-9,18H,1,10-11,13,27H2,2-3H3,(H,28,29,30)/t18-,22+/m1/s1. The Hall–Kier alpha value is -3.31. The van der Waals surface area contributed by atoms with Crippen molar-refractivity contribution in [2.24, 2.45) is 11.7 Å². The number of ether oxygens (including phenoxy) is 1. The molecule has 31 heavy (non-hydrogen) atoms. The first-order chi connectivity index (χ1) is 14.5. The number of nitriles is 1. The van der Waals surface area contributed by atoms with Gasteiger partial charge in [0, 0.05) is 12.6 Å². The van der Waals surface area contributed by atoms with Crippen molar-refractivity contribution in [2.75, 3.05) is 11.9 Å². The smallest absolute Gasteiger partial charge is 0.260 e. The van der Waals surface area contributed by atoms with Gasteiger partial charge in [-0.05, 0) is 55.7 Å². The van der Waals surface area contributed by atoms with E-state index in [1.54, 1.807) is 30.3 Å². The number of amides is 1. The summed E-state index contributed by atoms with van der Waals surface area (Å²) in [5, 5.41) is 12.0. The summed E-state index contributed by atoms with van der Waals surface area (Å²) in [4.78, 5) is 15.9. The van der Waals surface area contributed by atoms with Crippen molar-refractivity contribution >= 4 is 11.7 Å². The van der Waals surface area contributed by atoms with Gasteiger partial charge in [-0.1, -0.05) is 11.6 Å². The molecule has 1 amide bonds. The second-order valence-electron chi connectivity index (χ2n) is 8.34. The topological polar surface area (TPSA) is 101 Å². The summed E-state index contributed by atoms with van der Waals surface area (Å²) in [6.45, 7) is 7.82. The molecule has 0 radical (unpaired) electrons. The number of aromatic nitrogens is 1. The third-order valence-electron chi connectivity index (χ3n) is 4.85. The number of hydrogen-bond donors (Lipinski definition) is 2. The lowest BCUT2D eigenvalue weighted by atomic mass is 9.96. The fourth-order valence-electron chi connectivity index (χ4n) is 3.30. The molecular weight excluding hydrogens is 402 g/mol. The predicted molar refractivity (Wildman–Crippen MR) is 114 cm³/mol. The second kappa shape index (κ2) is 8.44. The Labute approximate surface area is 179 Å². The van der Waals surface area contributed by atoms with Crippen molar-refractivity contribution in [1.29, 1.82) is 5.26 Å². The van der Waals surface area contributed by atoms with E-state index in [1.807, 2.05) is 13.8 Å². The fraction of sp³-hybridized carbons (Fsp3) is 0.348. The molecule has 1 heterocycles. The molecule has 1 aliphatic carbocycles. The van der Waals surface area contributed by atoms with Gasteiger partial charge in [0.2, 0.25) is 5.91 Å². The summed E-state index contributed by atoms with van der Waals surface area (Å²) in [7, 11) is 0. The zero-order valence-corrected chi connectivity index (χ0v) is 17.4. The van der Waals surface area contributed by atoms with E-state index in [2.05, 4.69) is 22.9 Å². The van der Waals surface area contributed by atoms with E-state index in [1.165, 1.54) is 6.20 Å². The van der Waals surface area contributed by atoms with Crippen LogP contribution in [-0.2, 0) is 4.79 Å². The number of hydrogen-bond acceptors (Lipinski definition) is 5. The van der Waals surface area contributed by atoms with Gasteiger partial charge in [0.15, 0.2) is 0 Å². The highest BCUT2D eigenvalue weighted by atomic mass is 19.3. The minimum absolute atomic E-state index is 0.169. The number of halogens is 2. The van der Waals surface area contributed by atoms with Gasteiger partial charge < -0.3 is 15.8 Å². The van der Waals surface area contributed by atoms with Crippen LogP contribution in [-0.4, -0.2) is 29.0 Å². The van der Waals surface area contributed by atoms with Gasteiger partial charge in [0.1, 0.15) is 30.2 Å². The lowest BCUT2D eigenvalue weighted by Gasteiger charge is -2.25. The molecule has 0 unspecified atom stereocenters. The van der Waals surface area contributed by atoms with E-state index in [0.29, 0.717) is 28.9 Å². The molecule has 1 saturated carbocycles. The number of carbonyl (C=O) groups excluding carboxylic acids is 1. The number of rotatable bonds is 8. The minimum Gasteiger partial charge on any atom is -0.490 e. The van der Waals surface area contributed by atoms with Crippen LogP contribution in [0.25, 0.3) is 11.1 Å². The van der Waals surface area contributed by atoms with Crippen LogP contribution in [0.1, 0.15) is 32.3 Å². The van der Waals surface area contributed by atoms with E-state index >= 15 is 0 Å². The molecular formula is C23H24F2N4O2. The quantitative estimate of drug-likeness (QED) is 0.614. The number of nitrogens with one attached hydrogen (secondary N) is 1. The number of nitrogens with two attached hydrogens (primary N) is 1. The van der Waals surface area contributed by atoms with E-state index in [4.69, 9.17) is 10.5 Å². The highest BCUT2D eigenvalue weighted by Crippen LogP contribution is 2.49. The third-order valence-corrected chi connectivity index (χ3v) is 4.85. The Kier molecular flexibility index (Phi) is 6.09. The Morgan fingerprint density at radius 1 is 1.42 bits per heavy atom. The second-order valence-corrected chi connectivity index (χ2v) is 8.34. The lowest BCUT2D eigenvalue weighted by Crippen LogP contribution is -2.42. The summed E-state index contributed by atoms with van der Waals surface area (Å²) < 4.78 is 31.9. The summed E-state index contributed by atoms with van der Waals surface area (Å²) in [5.41, 5.74) is 8.22. The molecule has 0 aliphatic heterocycles. The van der Waals surface area contributed by atoms with Gasteiger partial charge in [0.05, 0.1) is 11.1 Å². The van der Waals surface area contributed by atoms with Crippen LogP contribution in [0.2, 0.25) is 0 Å². The number of alkyl halides is 2. The predicted octanol–water partition coefficient (Wildman–Crippen LogP) is 4.28. The van der Waals surface area contributed by atoms with Crippen molar-refractivity contribution < 1.29 is 18.3 Å². The largest absolute Gasteiger partial charge is 0.490 e. The van der Waals surface area contributed by atoms with Gasteiger partial charge >= 0.3 is 0 Å². The van der Waals surface area contributed by atoms with Crippen molar-refractivity contribution in [3.8, 4) is 22.9 Å². The summed E-state index contributed by atoms with van der Waals surface area (Å²) in [6.07, 6.45) is 1.61. The normalized spacial score (nSPS) is 18.4. The molecule has 1 fully saturated rings. The third kappa shape index (κ3) is 5.64. The van der Waals surface area contributed by atoms with Gasteiger partial charge in [-0.25, -0.2) is 13.8 Å². The molecule has 1 aromatic heterocycles. The highest BCUT2D eigenvalue weighted by Gasteiger charge is 2.61. The lowest BCUT2D eigenvalue weighted by molar-refractivity contribution is -0.119. The average Bonchev–Trinajstić information content (AvgIpc) is 3.34. The number of pyridine rings is 1. The zero-order chi connectivity index (χ0) is 22.8. The SMILES string of the molecule is C=C(C)C[C@](C)(N)COc1ccc(-c2ccnc(NC(=O)[C@H]3CC3(F)F)c2)cc1C#N. The molecule has 3 N–H and O–H groups in total. The Morgan fingerprint density at radius 2 is 2.10 bits per heavy atom. The van der Waals surface area contributed by atoms with E-state index in [9.17, 15) is 18.8 Å². The van der Waals surface area contributed by atoms with Crippen molar-refractivity contribution in [3.63, 3.8) is 0 Å². The zero-order valence-electron chi connectivity index (χ0n) is 17.4. The van der Waals surface area contributed by atoms with Gasteiger partial charge in [-0.3, -0.25) is 4.79 Å². The minimum atomic E-state index is -2.94. The first-order valence-corrected chi connectivity index (χ1v) is 9.76. The van der Waals surface area contributed by atoms with E-state index in [-0.39, 0.29) is 12.4 Å². The first kappa shape index (κ1) is 22.4. The van der Waals surface area contributed by atoms with E-state index < -0.39 is 29.7 Å². The van der Waals surface area contributed by atoms with Crippen molar-refractivity contribution in [1.82, 2.24) is 4.98 Å². The number of benzene rings is 1. The molecule has 0 spiro atoms. The van der Waals surface area contributed by atoms with Crippen molar-refractivity contribution in [2.45, 2.75) is 38.2 Å². The molecule has 8 heteroatoms. The van der Waals surface area contributed by atoms with E-state index in [0.717, 1.165) is 5.57 Å². The molecule has 0 saturated heterocycles. The van der Waals surface area contributed by atoms with Gasteiger partial charge in [0.25, 0.3) is 5.92 Å². The van der Waals surface area contributed by atoms with Crippen LogP contribution >= 0.6 is 0 Å². The monoisotopic (exact) mass is 426 g/mol. The summed E-state index contributed by atoms with van der Waals surface area (Å²) in [6, 6.07) is 10.5.